The normalized spacial score (nSPS) is 16.7. The Bertz CT molecular complexity index is 279. The fourth-order valence-electron chi connectivity index (χ4n) is 1.31. The minimum atomic E-state index is 0.270. The van der Waals surface area contributed by atoms with E-state index >= 15 is 0 Å². The molecule has 0 amide bonds. The molecule has 1 aliphatic rings. The topological polar surface area (TPSA) is 18.5 Å². The van der Waals surface area contributed by atoms with Crippen LogP contribution in [0.5, 0.6) is 5.75 Å². The fourth-order valence-corrected chi connectivity index (χ4v) is 1.31. The molecule has 70 valence electrons. The summed E-state index contributed by atoms with van der Waals surface area (Å²) >= 11 is 0. The number of aryl methyl sites for hydroxylation is 1. The molecule has 2 rings (SSSR count). The molecule has 2 heteroatoms. The highest BCUT2D eigenvalue weighted by atomic mass is 16.6. The van der Waals surface area contributed by atoms with Crippen molar-refractivity contribution in [2.75, 3.05) is 13.2 Å². The molecule has 1 fully saturated rings. The van der Waals surface area contributed by atoms with Crippen LogP contribution in [0.25, 0.3) is 0 Å². The van der Waals surface area contributed by atoms with E-state index in [4.69, 9.17) is 9.47 Å². The van der Waals surface area contributed by atoms with Gasteiger partial charge in [-0.2, -0.15) is 0 Å². The summed E-state index contributed by atoms with van der Waals surface area (Å²) in [5.74, 6) is 0.965. The first kappa shape index (κ1) is 8.57. The smallest absolute Gasteiger partial charge is 0.145 e. The van der Waals surface area contributed by atoms with Gasteiger partial charge >= 0.3 is 0 Å². The van der Waals surface area contributed by atoms with Crippen molar-refractivity contribution in [3.05, 3.63) is 29.8 Å². The summed E-state index contributed by atoms with van der Waals surface area (Å²) in [6.07, 6.45) is 1.32. The van der Waals surface area contributed by atoms with Crippen LogP contribution in [-0.4, -0.2) is 19.3 Å². The molecule has 2 nitrogen and oxygen atoms in total. The van der Waals surface area contributed by atoms with Gasteiger partial charge in [-0.15, -0.1) is 0 Å². The Balaban J connectivity index is 2.01. The van der Waals surface area contributed by atoms with Gasteiger partial charge in [0.05, 0.1) is 13.2 Å². The zero-order valence-electron chi connectivity index (χ0n) is 7.82. The van der Waals surface area contributed by atoms with Gasteiger partial charge in [-0.05, 0) is 24.1 Å². The van der Waals surface area contributed by atoms with Crippen LogP contribution >= 0.6 is 0 Å². The summed E-state index contributed by atoms with van der Waals surface area (Å²) in [6, 6.07) is 8.24. The summed E-state index contributed by atoms with van der Waals surface area (Å²) in [5.41, 5.74) is 1.32. The monoisotopic (exact) mass is 178 g/mol. The van der Waals surface area contributed by atoms with Crippen LogP contribution in [-0.2, 0) is 11.2 Å². The van der Waals surface area contributed by atoms with Crippen LogP contribution in [0.4, 0.5) is 0 Å². The van der Waals surface area contributed by atoms with Crippen LogP contribution in [0.3, 0.4) is 0 Å². The van der Waals surface area contributed by atoms with Crippen LogP contribution in [0, 0.1) is 0 Å². The van der Waals surface area contributed by atoms with Gasteiger partial charge in [-0.1, -0.05) is 19.1 Å². The molecule has 1 aromatic rings. The minimum Gasteiger partial charge on any atom is -0.486 e. The lowest BCUT2D eigenvalue weighted by Crippen LogP contribution is -2.38. The van der Waals surface area contributed by atoms with E-state index in [9.17, 15) is 0 Å². The summed E-state index contributed by atoms with van der Waals surface area (Å²) in [5, 5.41) is 0. The molecule has 13 heavy (non-hydrogen) atoms. The lowest BCUT2D eigenvalue weighted by atomic mass is 10.1. The minimum absolute atomic E-state index is 0.270. The Morgan fingerprint density at radius 2 is 2.31 bits per heavy atom. The average Bonchev–Trinajstić information content (AvgIpc) is 2.12. The predicted molar refractivity (Wildman–Crippen MR) is 51.1 cm³/mol. The summed E-state index contributed by atoms with van der Waals surface area (Å²) in [4.78, 5) is 0. The lowest BCUT2D eigenvalue weighted by molar-refractivity contribution is -0.0797. The van der Waals surface area contributed by atoms with Crippen molar-refractivity contribution in [2.45, 2.75) is 19.4 Å². The summed E-state index contributed by atoms with van der Waals surface area (Å²) in [6.45, 7) is 3.61. The predicted octanol–water partition coefficient (Wildman–Crippen LogP) is 2.03. The maximum Gasteiger partial charge on any atom is 0.145 e. The SMILES string of the molecule is CCc1cccc(OC2COC2)c1. The number of rotatable bonds is 3. The maximum atomic E-state index is 5.67. The van der Waals surface area contributed by atoms with E-state index in [1.165, 1.54) is 5.56 Å². The second-order valence-electron chi connectivity index (χ2n) is 3.28. The highest BCUT2D eigenvalue weighted by Gasteiger charge is 2.19. The molecule has 0 aromatic heterocycles. The van der Waals surface area contributed by atoms with Crippen LogP contribution < -0.4 is 4.74 Å². The Labute approximate surface area is 78.5 Å². The Hall–Kier alpha value is -1.02. The Kier molecular flexibility index (Phi) is 2.50. The second kappa shape index (κ2) is 3.79. The van der Waals surface area contributed by atoms with E-state index in [1.807, 2.05) is 12.1 Å². The average molecular weight is 178 g/mol. The highest BCUT2D eigenvalue weighted by molar-refractivity contribution is 5.28. The van der Waals surface area contributed by atoms with E-state index in [0.717, 1.165) is 25.4 Å². The molecular weight excluding hydrogens is 164 g/mol. The first-order chi connectivity index (χ1) is 6.38. The van der Waals surface area contributed by atoms with Crippen molar-refractivity contribution in [2.24, 2.45) is 0 Å². The number of hydrogen-bond donors (Lipinski definition) is 0. The van der Waals surface area contributed by atoms with Crippen molar-refractivity contribution in [1.29, 1.82) is 0 Å². The van der Waals surface area contributed by atoms with Gasteiger partial charge in [-0.25, -0.2) is 0 Å². The van der Waals surface area contributed by atoms with Crippen LogP contribution in [0.15, 0.2) is 24.3 Å². The molecule has 0 bridgehead atoms. The number of hydrogen-bond acceptors (Lipinski definition) is 2. The summed E-state index contributed by atoms with van der Waals surface area (Å²) < 4.78 is 10.7. The van der Waals surface area contributed by atoms with Gasteiger partial charge in [-0.3, -0.25) is 0 Å². The van der Waals surface area contributed by atoms with Gasteiger partial charge < -0.3 is 9.47 Å². The van der Waals surface area contributed by atoms with Crippen molar-refractivity contribution < 1.29 is 9.47 Å². The van der Waals surface area contributed by atoms with Gasteiger partial charge in [0.15, 0.2) is 0 Å². The Morgan fingerprint density at radius 1 is 1.46 bits per heavy atom. The molecule has 0 saturated carbocycles. The van der Waals surface area contributed by atoms with Crippen molar-refractivity contribution >= 4 is 0 Å². The molecule has 1 saturated heterocycles. The zero-order valence-corrected chi connectivity index (χ0v) is 7.82. The molecule has 0 aliphatic carbocycles. The third-order valence-electron chi connectivity index (χ3n) is 2.22. The maximum absolute atomic E-state index is 5.67. The van der Waals surface area contributed by atoms with Crippen molar-refractivity contribution in [3.63, 3.8) is 0 Å². The van der Waals surface area contributed by atoms with Gasteiger partial charge in [0.1, 0.15) is 11.9 Å². The fraction of sp³-hybridized carbons (Fsp3) is 0.455. The van der Waals surface area contributed by atoms with Gasteiger partial charge in [0.25, 0.3) is 0 Å². The number of ether oxygens (including phenoxy) is 2. The lowest BCUT2D eigenvalue weighted by Gasteiger charge is -2.26. The second-order valence-corrected chi connectivity index (χ2v) is 3.28. The molecular formula is C11H14O2. The Morgan fingerprint density at radius 3 is 2.92 bits per heavy atom. The molecule has 1 aliphatic heterocycles. The molecule has 0 spiro atoms. The summed E-state index contributed by atoms with van der Waals surface area (Å²) in [7, 11) is 0. The first-order valence-corrected chi connectivity index (χ1v) is 4.72. The van der Waals surface area contributed by atoms with E-state index in [0.29, 0.717) is 0 Å². The molecule has 0 unspecified atom stereocenters. The molecule has 0 atom stereocenters. The van der Waals surface area contributed by atoms with Gasteiger partial charge in [0, 0.05) is 0 Å². The van der Waals surface area contributed by atoms with E-state index < -0.39 is 0 Å². The standard InChI is InChI=1S/C11H14O2/c1-2-9-4-3-5-10(6-9)13-11-7-12-8-11/h3-6,11H,2,7-8H2,1H3. The molecule has 1 heterocycles. The van der Waals surface area contributed by atoms with Crippen molar-refractivity contribution in [3.8, 4) is 5.75 Å². The van der Waals surface area contributed by atoms with E-state index in [1.54, 1.807) is 0 Å². The highest BCUT2D eigenvalue weighted by Crippen LogP contribution is 2.17. The third-order valence-corrected chi connectivity index (χ3v) is 2.22. The van der Waals surface area contributed by atoms with E-state index in [2.05, 4.69) is 19.1 Å². The van der Waals surface area contributed by atoms with E-state index in [-0.39, 0.29) is 6.10 Å². The van der Waals surface area contributed by atoms with Crippen LogP contribution in [0.2, 0.25) is 0 Å². The molecule has 1 aromatic carbocycles. The largest absolute Gasteiger partial charge is 0.486 e. The van der Waals surface area contributed by atoms with Gasteiger partial charge in [0.2, 0.25) is 0 Å². The third kappa shape index (κ3) is 2.01. The molecule has 0 radical (unpaired) electrons. The quantitative estimate of drug-likeness (QED) is 0.705. The first-order valence-electron chi connectivity index (χ1n) is 4.72. The number of benzene rings is 1. The van der Waals surface area contributed by atoms with Crippen molar-refractivity contribution in [1.82, 2.24) is 0 Å². The zero-order chi connectivity index (χ0) is 9.10. The van der Waals surface area contributed by atoms with Crippen LogP contribution in [0.1, 0.15) is 12.5 Å². The molecule has 0 N–H and O–H groups in total.